The van der Waals surface area contributed by atoms with Crippen molar-refractivity contribution >= 4 is 44.7 Å². The summed E-state index contributed by atoms with van der Waals surface area (Å²) in [5.74, 6) is -0.499. The van der Waals surface area contributed by atoms with E-state index in [1.54, 1.807) is 29.5 Å². The number of hydrogen-bond donors (Lipinski definition) is 2. The molecule has 9 heteroatoms. The summed E-state index contributed by atoms with van der Waals surface area (Å²) in [6.45, 7) is 1.65. The smallest absolute Gasteiger partial charge is 0.262 e. The standard InChI is InChI=1S/C24H20FN3O4S/c1-14-26-19-9-8-18(12-22(19)33-14)28-24(30)15-3-10-20(21(11-15)31-2)32-13-23(29)27-17-6-4-16(25)5-7-17/h3-12H,13H2,1-2H3,(H,27,29)(H,28,30). The van der Waals surface area contributed by atoms with E-state index in [1.807, 2.05) is 19.1 Å². The normalized spacial score (nSPS) is 10.6. The Morgan fingerprint density at radius 3 is 2.48 bits per heavy atom. The van der Waals surface area contributed by atoms with E-state index >= 15 is 0 Å². The Bertz CT molecular complexity index is 1320. The van der Waals surface area contributed by atoms with Crippen molar-refractivity contribution in [2.24, 2.45) is 0 Å². The Balaban J connectivity index is 1.40. The maximum Gasteiger partial charge on any atom is 0.262 e. The number of carbonyl (C=O) groups excluding carboxylic acids is 2. The SMILES string of the molecule is COc1cc(C(=O)Nc2ccc3nc(C)sc3c2)ccc1OCC(=O)Nc1ccc(F)cc1. The molecule has 4 rings (SSSR count). The first-order valence-electron chi connectivity index (χ1n) is 9.96. The number of methoxy groups -OCH3 is 1. The van der Waals surface area contributed by atoms with E-state index in [-0.39, 0.29) is 12.5 Å². The average molecular weight is 466 g/mol. The molecule has 0 fully saturated rings. The molecule has 0 saturated heterocycles. The number of anilines is 2. The summed E-state index contributed by atoms with van der Waals surface area (Å²) in [5, 5.41) is 6.43. The lowest BCUT2D eigenvalue weighted by atomic mass is 10.1. The number of carbonyl (C=O) groups is 2. The van der Waals surface area contributed by atoms with Crippen molar-refractivity contribution in [2.75, 3.05) is 24.4 Å². The van der Waals surface area contributed by atoms with Crippen LogP contribution in [0, 0.1) is 12.7 Å². The second-order valence-corrected chi connectivity index (χ2v) is 8.31. The van der Waals surface area contributed by atoms with Crippen LogP contribution in [0.2, 0.25) is 0 Å². The highest BCUT2D eigenvalue weighted by molar-refractivity contribution is 7.18. The predicted molar refractivity (Wildman–Crippen MR) is 126 cm³/mol. The summed E-state index contributed by atoms with van der Waals surface area (Å²) in [5.41, 5.74) is 2.38. The van der Waals surface area contributed by atoms with Gasteiger partial charge in [0.25, 0.3) is 11.8 Å². The highest BCUT2D eigenvalue weighted by Crippen LogP contribution is 2.29. The number of ether oxygens (including phenoxy) is 2. The summed E-state index contributed by atoms with van der Waals surface area (Å²) < 4.78 is 24.8. The molecule has 2 N–H and O–H groups in total. The van der Waals surface area contributed by atoms with Crippen LogP contribution in [0.4, 0.5) is 15.8 Å². The van der Waals surface area contributed by atoms with Crippen molar-refractivity contribution in [2.45, 2.75) is 6.92 Å². The van der Waals surface area contributed by atoms with Crippen LogP contribution in [-0.4, -0.2) is 30.5 Å². The molecule has 0 saturated carbocycles. The van der Waals surface area contributed by atoms with E-state index in [4.69, 9.17) is 9.47 Å². The molecule has 0 atom stereocenters. The molecule has 0 unspecified atom stereocenters. The highest BCUT2D eigenvalue weighted by atomic mass is 32.1. The van der Waals surface area contributed by atoms with E-state index in [1.165, 1.54) is 37.4 Å². The van der Waals surface area contributed by atoms with Gasteiger partial charge in [-0.1, -0.05) is 0 Å². The number of fused-ring (bicyclic) bond motifs is 1. The number of amides is 2. The fourth-order valence-electron chi connectivity index (χ4n) is 3.12. The number of benzene rings is 3. The van der Waals surface area contributed by atoms with Crippen LogP contribution in [0.25, 0.3) is 10.2 Å². The number of rotatable bonds is 7. The Labute approximate surface area is 193 Å². The summed E-state index contributed by atoms with van der Waals surface area (Å²) in [6, 6.07) is 15.6. The Hall–Kier alpha value is -3.98. The highest BCUT2D eigenvalue weighted by Gasteiger charge is 2.14. The summed E-state index contributed by atoms with van der Waals surface area (Å²) in [4.78, 5) is 29.2. The van der Waals surface area contributed by atoms with Crippen molar-refractivity contribution in [1.82, 2.24) is 4.98 Å². The van der Waals surface area contributed by atoms with Gasteiger partial charge in [0.05, 0.1) is 22.3 Å². The van der Waals surface area contributed by atoms with Gasteiger partial charge in [-0.15, -0.1) is 11.3 Å². The molecule has 168 valence electrons. The molecule has 0 aliphatic rings. The first kappa shape index (κ1) is 22.2. The van der Waals surface area contributed by atoms with E-state index < -0.39 is 11.7 Å². The topological polar surface area (TPSA) is 89.6 Å². The van der Waals surface area contributed by atoms with Crippen molar-refractivity contribution < 1.29 is 23.5 Å². The molecule has 33 heavy (non-hydrogen) atoms. The lowest BCUT2D eigenvalue weighted by molar-refractivity contribution is -0.118. The molecule has 2 amide bonds. The van der Waals surface area contributed by atoms with Gasteiger partial charge in [0.15, 0.2) is 18.1 Å². The molecule has 7 nitrogen and oxygen atoms in total. The van der Waals surface area contributed by atoms with Gasteiger partial charge in [0.1, 0.15) is 5.82 Å². The third-order valence-corrected chi connectivity index (χ3v) is 5.60. The molecule has 1 aromatic heterocycles. The monoisotopic (exact) mass is 465 g/mol. The van der Waals surface area contributed by atoms with E-state index in [9.17, 15) is 14.0 Å². The van der Waals surface area contributed by atoms with E-state index in [2.05, 4.69) is 15.6 Å². The fourth-order valence-corrected chi connectivity index (χ4v) is 3.99. The van der Waals surface area contributed by atoms with Crippen LogP contribution < -0.4 is 20.1 Å². The summed E-state index contributed by atoms with van der Waals surface area (Å²) in [7, 11) is 1.45. The number of halogens is 1. The van der Waals surface area contributed by atoms with Gasteiger partial charge in [0, 0.05) is 16.9 Å². The van der Waals surface area contributed by atoms with Crippen LogP contribution in [0.3, 0.4) is 0 Å². The number of hydrogen-bond acceptors (Lipinski definition) is 6. The number of nitrogens with one attached hydrogen (secondary N) is 2. The van der Waals surface area contributed by atoms with Gasteiger partial charge < -0.3 is 20.1 Å². The molecular weight excluding hydrogens is 445 g/mol. The minimum absolute atomic E-state index is 0.284. The summed E-state index contributed by atoms with van der Waals surface area (Å²) in [6.07, 6.45) is 0. The van der Waals surface area contributed by atoms with Crippen LogP contribution in [-0.2, 0) is 4.79 Å². The number of aromatic nitrogens is 1. The lowest BCUT2D eigenvalue weighted by Gasteiger charge is -2.12. The molecule has 4 aromatic rings. The molecule has 0 bridgehead atoms. The second kappa shape index (κ2) is 9.66. The fraction of sp³-hybridized carbons (Fsp3) is 0.125. The quantitative estimate of drug-likeness (QED) is 0.400. The molecule has 0 aliphatic carbocycles. The number of aryl methyl sites for hydroxylation is 1. The van der Waals surface area contributed by atoms with Gasteiger partial charge in [0.2, 0.25) is 0 Å². The molecule has 3 aromatic carbocycles. The Morgan fingerprint density at radius 1 is 0.970 bits per heavy atom. The largest absolute Gasteiger partial charge is 0.493 e. The first-order chi connectivity index (χ1) is 15.9. The van der Waals surface area contributed by atoms with Gasteiger partial charge in [-0.2, -0.15) is 0 Å². The molecule has 0 radical (unpaired) electrons. The minimum atomic E-state index is -0.417. The van der Waals surface area contributed by atoms with Gasteiger partial charge >= 0.3 is 0 Å². The first-order valence-corrected chi connectivity index (χ1v) is 10.8. The zero-order valence-corrected chi connectivity index (χ0v) is 18.7. The third kappa shape index (κ3) is 5.45. The van der Waals surface area contributed by atoms with Crippen molar-refractivity contribution in [3.8, 4) is 11.5 Å². The number of nitrogens with zero attached hydrogens (tertiary/aromatic N) is 1. The third-order valence-electron chi connectivity index (χ3n) is 4.67. The Kier molecular flexibility index (Phi) is 6.50. The zero-order valence-electron chi connectivity index (χ0n) is 17.8. The van der Waals surface area contributed by atoms with Gasteiger partial charge in [-0.3, -0.25) is 9.59 Å². The zero-order chi connectivity index (χ0) is 23.4. The lowest BCUT2D eigenvalue weighted by Crippen LogP contribution is -2.20. The van der Waals surface area contributed by atoms with Gasteiger partial charge in [-0.25, -0.2) is 9.37 Å². The minimum Gasteiger partial charge on any atom is -0.493 e. The number of thiazole rings is 1. The van der Waals surface area contributed by atoms with Crippen molar-refractivity contribution in [3.05, 3.63) is 77.1 Å². The molecule has 0 aliphatic heterocycles. The van der Waals surface area contributed by atoms with Crippen LogP contribution in [0.15, 0.2) is 60.7 Å². The van der Waals surface area contributed by atoms with Crippen molar-refractivity contribution in [1.29, 1.82) is 0 Å². The molecule has 0 spiro atoms. The maximum absolute atomic E-state index is 13.0. The average Bonchev–Trinajstić information content (AvgIpc) is 3.18. The van der Waals surface area contributed by atoms with E-state index in [0.717, 1.165) is 15.2 Å². The van der Waals surface area contributed by atoms with Crippen LogP contribution >= 0.6 is 11.3 Å². The maximum atomic E-state index is 13.0. The second-order valence-electron chi connectivity index (χ2n) is 7.08. The Morgan fingerprint density at radius 2 is 1.73 bits per heavy atom. The molecular formula is C24H20FN3O4S. The van der Waals surface area contributed by atoms with Gasteiger partial charge in [-0.05, 0) is 67.6 Å². The van der Waals surface area contributed by atoms with Crippen molar-refractivity contribution in [3.63, 3.8) is 0 Å². The molecule has 1 heterocycles. The van der Waals surface area contributed by atoms with Crippen LogP contribution in [0.5, 0.6) is 11.5 Å². The van der Waals surface area contributed by atoms with Crippen LogP contribution in [0.1, 0.15) is 15.4 Å². The van der Waals surface area contributed by atoms with E-state index in [0.29, 0.717) is 28.4 Å². The summed E-state index contributed by atoms with van der Waals surface area (Å²) >= 11 is 1.56. The predicted octanol–water partition coefficient (Wildman–Crippen LogP) is 5.02.